The van der Waals surface area contributed by atoms with Crippen LogP contribution in [-0.4, -0.2) is 103 Å². The third-order valence-electron chi connectivity index (χ3n) is 7.88. The molecule has 0 heterocycles. The summed E-state index contributed by atoms with van der Waals surface area (Å²) in [5.74, 6) is -7.04. The zero-order chi connectivity index (χ0) is 41.7. The lowest BCUT2D eigenvalue weighted by atomic mass is 10.0. The molecule has 0 aliphatic rings. The van der Waals surface area contributed by atoms with Gasteiger partial charge in [0, 0.05) is 24.4 Å². The summed E-state index contributed by atoms with van der Waals surface area (Å²) < 4.78 is 10.5. The average Bonchev–Trinajstić information content (AvgIpc) is 3.12. The molecule has 7 N–H and O–H groups in total. The number of carbonyl (C=O) groups excluding carboxylic acids is 8. The first kappa shape index (κ1) is 47.6. The van der Waals surface area contributed by atoms with Crippen LogP contribution in [0.15, 0.2) is 24.3 Å². The summed E-state index contributed by atoms with van der Waals surface area (Å²) in [6.07, 6.45) is -0.506. The van der Waals surface area contributed by atoms with E-state index in [1.54, 1.807) is 72.7 Å². The Morgan fingerprint density at radius 3 is 1.82 bits per heavy atom. The molecule has 3 atom stereocenters. The standard InChI is InChI=1S/C37H56N6O12/c1-8-26(41-29(45)14-16-54-15-13-28(44)21(2)3)34(50)38-19-31(47)42-27(17-32(48)49)35(51)43-33(22(4)5)36(52)39-18-30(46)40-25-11-9-24(10-12-25)20-55-37(53)23(6)7/h9-12,21-23,26-27,33H,8,13-20H2,1-7H3,(H,38,50)(H,39,52)(H,40,46)(H,41,45)(H,42,47)(H,43,51)(H,48,49). The summed E-state index contributed by atoms with van der Waals surface area (Å²) in [4.78, 5) is 111. The Morgan fingerprint density at radius 1 is 0.673 bits per heavy atom. The molecule has 18 heteroatoms. The summed E-state index contributed by atoms with van der Waals surface area (Å²) in [7, 11) is 0. The van der Waals surface area contributed by atoms with Crippen LogP contribution >= 0.6 is 0 Å². The Hall–Kier alpha value is -5.39. The van der Waals surface area contributed by atoms with Crippen molar-refractivity contribution in [2.75, 3.05) is 31.6 Å². The number of hydrogen-bond donors (Lipinski definition) is 7. The molecule has 0 fully saturated rings. The number of ketones is 1. The zero-order valence-corrected chi connectivity index (χ0v) is 32.6. The number of carbonyl (C=O) groups is 9. The third-order valence-corrected chi connectivity index (χ3v) is 7.88. The maximum Gasteiger partial charge on any atom is 0.308 e. The molecule has 1 aromatic rings. The largest absolute Gasteiger partial charge is 0.481 e. The molecule has 0 bridgehead atoms. The molecule has 0 saturated heterocycles. The van der Waals surface area contributed by atoms with E-state index >= 15 is 0 Å². The fourth-order valence-corrected chi connectivity index (χ4v) is 4.54. The van der Waals surface area contributed by atoms with E-state index < -0.39 is 85.0 Å². The topological polar surface area (TPSA) is 264 Å². The van der Waals surface area contributed by atoms with Gasteiger partial charge < -0.3 is 46.5 Å². The number of rotatable bonds is 25. The van der Waals surface area contributed by atoms with Crippen LogP contribution < -0.4 is 31.9 Å². The third kappa shape index (κ3) is 19.5. The highest BCUT2D eigenvalue weighted by molar-refractivity contribution is 5.98. The van der Waals surface area contributed by atoms with Crippen molar-refractivity contribution in [2.24, 2.45) is 17.8 Å². The van der Waals surface area contributed by atoms with Crippen molar-refractivity contribution in [3.8, 4) is 0 Å². The van der Waals surface area contributed by atoms with Gasteiger partial charge in [-0.15, -0.1) is 0 Å². The van der Waals surface area contributed by atoms with E-state index in [4.69, 9.17) is 9.47 Å². The summed E-state index contributed by atoms with van der Waals surface area (Å²) in [6, 6.07) is 2.67. The number of carboxylic acid groups (broad SMARTS) is 1. The number of ether oxygens (including phenoxy) is 2. The number of Topliss-reactive ketones (excluding diaryl/α,β-unsaturated/α-hetero) is 1. The van der Waals surface area contributed by atoms with Gasteiger partial charge in [0.2, 0.25) is 35.4 Å². The monoisotopic (exact) mass is 776 g/mol. The van der Waals surface area contributed by atoms with Crippen molar-refractivity contribution in [2.45, 2.75) is 98.9 Å². The normalized spacial score (nSPS) is 12.5. The van der Waals surface area contributed by atoms with Gasteiger partial charge >= 0.3 is 11.9 Å². The van der Waals surface area contributed by atoms with Crippen LogP contribution in [-0.2, 0) is 59.2 Å². The van der Waals surface area contributed by atoms with Gasteiger partial charge in [0.15, 0.2) is 0 Å². The Balaban J connectivity index is 2.66. The van der Waals surface area contributed by atoms with E-state index in [-0.39, 0.29) is 62.7 Å². The first-order valence-electron chi connectivity index (χ1n) is 18.2. The van der Waals surface area contributed by atoms with Crippen molar-refractivity contribution in [1.29, 1.82) is 0 Å². The minimum Gasteiger partial charge on any atom is -0.481 e. The highest BCUT2D eigenvalue weighted by Gasteiger charge is 2.30. The number of esters is 1. The van der Waals surface area contributed by atoms with Gasteiger partial charge in [-0.05, 0) is 30.0 Å². The van der Waals surface area contributed by atoms with E-state index in [1.807, 2.05) is 0 Å². The molecule has 306 valence electrons. The molecule has 18 nitrogen and oxygen atoms in total. The van der Waals surface area contributed by atoms with Crippen LogP contribution in [0.25, 0.3) is 0 Å². The van der Waals surface area contributed by atoms with Gasteiger partial charge in [0.05, 0.1) is 38.6 Å². The number of amides is 6. The molecular weight excluding hydrogens is 720 g/mol. The molecular formula is C37H56N6O12. The smallest absolute Gasteiger partial charge is 0.308 e. The number of benzene rings is 1. The molecule has 6 amide bonds. The fourth-order valence-electron chi connectivity index (χ4n) is 4.54. The summed E-state index contributed by atoms with van der Waals surface area (Å²) in [5.41, 5.74) is 1.12. The van der Waals surface area contributed by atoms with Crippen molar-refractivity contribution < 1.29 is 57.7 Å². The van der Waals surface area contributed by atoms with Gasteiger partial charge in [-0.3, -0.25) is 43.2 Å². The first-order valence-corrected chi connectivity index (χ1v) is 18.2. The van der Waals surface area contributed by atoms with Gasteiger partial charge in [-0.1, -0.05) is 60.6 Å². The Bertz CT molecular complexity index is 1500. The van der Waals surface area contributed by atoms with Crippen LogP contribution in [0.3, 0.4) is 0 Å². The Labute approximate surface area is 321 Å². The van der Waals surface area contributed by atoms with Crippen LogP contribution in [0.5, 0.6) is 0 Å². The van der Waals surface area contributed by atoms with Gasteiger partial charge in [0.25, 0.3) is 0 Å². The second-order valence-corrected chi connectivity index (χ2v) is 13.7. The molecule has 0 aliphatic carbocycles. The fraction of sp³-hybridized carbons (Fsp3) is 0.595. The van der Waals surface area contributed by atoms with E-state index in [0.717, 1.165) is 0 Å². The first-order chi connectivity index (χ1) is 25.8. The second kappa shape index (κ2) is 24.8. The van der Waals surface area contributed by atoms with Crippen molar-refractivity contribution in [1.82, 2.24) is 26.6 Å². The van der Waals surface area contributed by atoms with Crippen LogP contribution in [0, 0.1) is 17.8 Å². The molecule has 55 heavy (non-hydrogen) atoms. The van der Waals surface area contributed by atoms with Crippen LogP contribution in [0.1, 0.15) is 79.7 Å². The molecule has 0 saturated carbocycles. The van der Waals surface area contributed by atoms with Gasteiger partial charge in [-0.2, -0.15) is 0 Å². The van der Waals surface area contributed by atoms with Gasteiger partial charge in [0.1, 0.15) is 30.5 Å². The van der Waals surface area contributed by atoms with Gasteiger partial charge in [-0.25, -0.2) is 0 Å². The number of hydrogen-bond acceptors (Lipinski definition) is 11. The summed E-state index contributed by atoms with van der Waals surface area (Å²) in [6.45, 7) is 11.0. The van der Waals surface area contributed by atoms with Crippen molar-refractivity contribution in [3.63, 3.8) is 0 Å². The van der Waals surface area contributed by atoms with Crippen LogP contribution in [0.4, 0.5) is 5.69 Å². The number of aliphatic carboxylic acids is 1. The Morgan fingerprint density at radius 2 is 1.25 bits per heavy atom. The quantitative estimate of drug-likeness (QED) is 0.0531. The molecule has 0 spiro atoms. The number of nitrogens with one attached hydrogen (secondary N) is 6. The Kier molecular flexibility index (Phi) is 21.5. The molecule has 0 aromatic heterocycles. The SMILES string of the molecule is CCC(NC(=O)CCOCCC(=O)C(C)C)C(=O)NCC(=O)NC(CC(=O)O)C(=O)NC(C(=O)NCC(=O)Nc1ccc(COC(=O)C(C)C)cc1)C(C)C. The van der Waals surface area contributed by atoms with E-state index in [9.17, 15) is 48.3 Å². The molecule has 3 unspecified atom stereocenters. The average molecular weight is 777 g/mol. The molecule has 1 rings (SSSR count). The maximum absolute atomic E-state index is 13.1. The highest BCUT2D eigenvalue weighted by Crippen LogP contribution is 2.12. The highest BCUT2D eigenvalue weighted by atomic mass is 16.5. The van der Waals surface area contributed by atoms with E-state index in [1.165, 1.54) is 0 Å². The lowest BCUT2D eigenvalue weighted by molar-refractivity contribution is -0.148. The minimum absolute atomic E-state index is 0.0378. The zero-order valence-electron chi connectivity index (χ0n) is 32.6. The molecule has 0 radical (unpaired) electrons. The van der Waals surface area contributed by atoms with Crippen LogP contribution in [0.2, 0.25) is 0 Å². The number of carboxylic acids is 1. The predicted molar refractivity (Wildman–Crippen MR) is 199 cm³/mol. The summed E-state index contributed by atoms with van der Waals surface area (Å²) in [5, 5.41) is 24.0. The lowest BCUT2D eigenvalue weighted by Gasteiger charge is -2.25. The molecule has 0 aliphatic heterocycles. The second-order valence-electron chi connectivity index (χ2n) is 13.7. The molecule has 1 aromatic carbocycles. The lowest BCUT2D eigenvalue weighted by Crippen LogP contribution is -2.57. The van der Waals surface area contributed by atoms with E-state index in [0.29, 0.717) is 11.3 Å². The number of anilines is 1. The minimum atomic E-state index is -1.63. The van der Waals surface area contributed by atoms with Crippen molar-refractivity contribution >= 4 is 58.9 Å². The maximum atomic E-state index is 13.1. The van der Waals surface area contributed by atoms with Crippen molar-refractivity contribution in [3.05, 3.63) is 29.8 Å². The predicted octanol–water partition coefficient (Wildman–Crippen LogP) is 0.574. The van der Waals surface area contributed by atoms with E-state index in [2.05, 4.69) is 31.9 Å². The summed E-state index contributed by atoms with van der Waals surface area (Å²) >= 11 is 0.